The monoisotopic (exact) mass is 322 g/mol. The van der Waals surface area contributed by atoms with Gasteiger partial charge in [-0.3, -0.25) is 0 Å². The van der Waals surface area contributed by atoms with Crippen LogP contribution in [-0.2, 0) is 18.8 Å². The third-order valence-electron chi connectivity index (χ3n) is 3.51. The van der Waals surface area contributed by atoms with Gasteiger partial charge in [-0.15, -0.1) is 0 Å². The Morgan fingerprint density at radius 2 is 1.29 bits per heavy atom. The molecule has 1 unspecified atom stereocenters. The first-order valence-corrected chi connectivity index (χ1v) is 9.92. The lowest BCUT2D eigenvalue weighted by molar-refractivity contribution is 0.162. The lowest BCUT2D eigenvalue weighted by atomic mass is 10.1. The molecule has 0 fully saturated rings. The summed E-state index contributed by atoms with van der Waals surface area (Å²) in [5, 5.41) is 0. The van der Waals surface area contributed by atoms with Crippen LogP contribution in [0.25, 0.3) is 0 Å². The molecule has 4 nitrogen and oxygen atoms in total. The Balaban J connectivity index is 3.38. The lowest BCUT2D eigenvalue weighted by Gasteiger charge is -2.11. The highest BCUT2D eigenvalue weighted by Gasteiger charge is 2.15. The van der Waals surface area contributed by atoms with Crippen LogP contribution >= 0.6 is 0 Å². The quantitative estimate of drug-likeness (QED) is 0.399. The van der Waals surface area contributed by atoms with Gasteiger partial charge in [0.25, 0.3) is 0 Å². The zero-order valence-corrected chi connectivity index (χ0v) is 14.9. The molecule has 1 atom stereocenters. The summed E-state index contributed by atoms with van der Waals surface area (Å²) in [5.74, 6) is 0. The Hall–Kier alpha value is -0.130. The Morgan fingerprint density at radius 3 is 1.76 bits per heavy atom. The van der Waals surface area contributed by atoms with E-state index in [1.807, 2.05) is 0 Å². The molecule has 0 aliphatic heterocycles. The number of rotatable bonds is 15. The Morgan fingerprint density at radius 1 is 0.810 bits per heavy atom. The predicted molar refractivity (Wildman–Crippen MR) is 87.6 cm³/mol. The Bertz CT molecular complexity index is 314. The molecule has 0 saturated carbocycles. The van der Waals surface area contributed by atoms with Crippen molar-refractivity contribution in [2.45, 2.75) is 97.5 Å². The first-order chi connectivity index (χ1) is 10.0. The molecule has 128 valence electrons. The van der Waals surface area contributed by atoms with Gasteiger partial charge in [0.15, 0.2) is 0 Å². The summed E-state index contributed by atoms with van der Waals surface area (Å²) < 4.78 is 32.0. The van der Waals surface area contributed by atoms with Crippen molar-refractivity contribution < 1.29 is 16.8 Å². The van der Waals surface area contributed by atoms with E-state index in [1.165, 1.54) is 51.4 Å². The highest BCUT2D eigenvalue weighted by Crippen LogP contribution is 2.14. The molecule has 0 heterocycles. The van der Waals surface area contributed by atoms with Crippen LogP contribution in [0.4, 0.5) is 0 Å². The van der Waals surface area contributed by atoms with Crippen molar-refractivity contribution in [2.24, 2.45) is 0 Å². The number of hydrogen-bond donors (Lipinski definition) is 0. The van der Waals surface area contributed by atoms with E-state index in [2.05, 4.69) is 11.1 Å². The molecule has 0 spiro atoms. The van der Waals surface area contributed by atoms with Crippen LogP contribution < -0.4 is 0 Å². The fourth-order valence-electron chi connectivity index (χ4n) is 2.34. The average molecular weight is 323 g/mol. The van der Waals surface area contributed by atoms with Gasteiger partial charge >= 0.3 is 10.4 Å². The van der Waals surface area contributed by atoms with Crippen LogP contribution in [0.1, 0.15) is 91.4 Å². The van der Waals surface area contributed by atoms with Gasteiger partial charge in [0.2, 0.25) is 0 Å². The topological polar surface area (TPSA) is 52.6 Å². The van der Waals surface area contributed by atoms with Gasteiger partial charge in [-0.1, -0.05) is 71.1 Å². The third kappa shape index (κ3) is 14.6. The third-order valence-corrected chi connectivity index (χ3v) is 4.60. The molecule has 0 saturated heterocycles. The fraction of sp³-hybridized carbons (Fsp3) is 1.00. The molecule has 0 rings (SSSR count). The molecular formula is C16H34O4S. The van der Waals surface area contributed by atoms with E-state index >= 15 is 0 Å². The molecule has 0 bridgehead atoms. The molecule has 0 aliphatic carbocycles. The second-order valence-electron chi connectivity index (χ2n) is 5.69. The van der Waals surface area contributed by atoms with Crippen molar-refractivity contribution in [1.29, 1.82) is 0 Å². The van der Waals surface area contributed by atoms with E-state index in [4.69, 9.17) is 4.18 Å². The van der Waals surface area contributed by atoms with Gasteiger partial charge in [-0.2, -0.15) is 8.42 Å². The van der Waals surface area contributed by atoms with Crippen LogP contribution in [0, 0.1) is 0 Å². The molecule has 0 aliphatic rings. The smallest absolute Gasteiger partial charge is 0.248 e. The maximum absolute atomic E-state index is 11.3. The molecular weight excluding hydrogens is 288 g/mol. The van der Waals surface area contributed by atoms with Crippen LogP contribution in [0.2, 0.25) is 0 Å². The van der Waals surface area contributed by atoms with Crippen molar-refractivity contribution in [3.63, 3.8) is 0 Å². The minimum Gasteiger partial charge on any atom is -0.248 e. The van der Waals surface area contributed by atoms with E-state index in [9.17, 15) is 8.42 Å². The van der Waals surface area contributed by atoms with Crippen LogP contribution in [0.15, 0.2) is 0 Å². The van der Waals surface area contributed by atoms with Crippen LogP contribution in [-0.4, -0.2) is 21.1 Å². The highest BCUT2D eigenvalue weighted by atomic mass is 32.3. The number of hydrogen-bond acceptors (Lipinski definition) is 4. The van der Waals surface area contributed by atoms with Crippen LogP contribution in [0.3, 0.4) is 0 Å². The van der Waals surface area contributed by atoms with Crippen molar-refractivity contribution >= 4 is 10.4 Å². The van der Waals surface area contributed by atoms with Crippen molar-refractivity contribution in [2.75, 3.05) is 6.61 Å². The van der Waals surface area contributed by atoms with E-state index in [0.717, 1.165) is 19.3 Å². The van der Waals surface area contributed by atoms with Gasteiger partial charge in [-0.25, -0.2) is 8.37 Å². The zero-order valence-electron chi connectivity index (χ0n) is 14.1. The summed E-state index contributed by atoms with van der Waals surface area (Å²) in [6.45, 7) is 5.77. The molecule has 5 heteroatoms. The first-order valence-electron chi connectivity index (χ1n) is 8.59. The highest BCUT2D eigenvalue weighted by molar-refractivity contribution is 7.81. The van der Waals surface area contributed by atoms with Crippen LogP contribution in [0.5, 0.6) is 0 Å². The first kappa shape index (κ1) is 20.9. The molecule has 0 aromatic rings. The van der Waals surface area contributed by atoms with Gasteiger partial charge < -0.3 is 0 Å². The van der Waals surface area contributed by atoms with E-state index < -0.39 is 10.4 Å². The lowest BCUT2D eigenvalue weighted by Crippen LogP contribution is -2.17. The van der Waals surface area contributed by atoms with Crippen molar-refractivity contribution in [1.82, 2.24) is 0 Å². The summed E-state index contributed by atoms with van der Waals surface area (Å²) >= 11 is 0. The largest absolute Gasteiger partial charge is 0.400 e. The molecule has 0 N–H and O–H groups in total. The Labute approximate surface area is 131 Å². The SMILES string of the molecule is CCCCCCCCCCCCC(C)OS(=O)(=O)OCC. The van der Waals surface area contributed by atoms with E-state index in [0.29, 0.717) is 0 Å². The maximum Gasteiger partial charge on any atom is 0.400 e. The number of unbranched alkanes of at least 4 members (excludes halogenated alkanes) is 9. The summed E-state index contributed by atoms with van der Waals surface area (Å²) in [7, 11) is -3.79. The normalized spacial score (nSPS) is 13.5. The standard InChI is InChI=1S/C16H34O4S/c1-4-6-7-8-9-10-11-12-13-14-15-16(3)20-21(17,18)19-5-2/h16H,4-15H2,1-3H3. The minimum atomic E-state index is -3.79. The summed E-state index contributed by atoms with van der Waals surface area (Å²) in [6.07, 6.45) is 13.3. The Kier molecular flexibility index (Phi) is 13.4. The van der Waals surface area contributed by atoms with Gasteiger partial charge in [-0.05, 0) is 20.3 Å². The van der Waals surface area contributed by atoms with E-state index in [1.54, 1.807) is 13.8 Å². The zero-order chi connectivity index (χ0) is 16.0. The fourth-order valence-corrected chi connectivity index (χ4v) is 3.18. The average Bonchev–Trinajstić information content (AvgIpc) is 2.40. The second-order valence-corrected chi connectivity index (χ2v) is 6.94. The van der Waals surface area contributed by atoms with Crippen molar-refractivity contribution in [3.05, 3.63) is 0 Å². The molecule has 0 amide bonds. The summed E-state index contributed by atoms with van der Waals surface area (Å²) in [4.78, 5) is 0. The molecule has 0 aromatic carbocycles. The molecule has 0 aromatic heterocycles. The second kappa shape index (κ2) is 13.5. The minimum absolute atomic E-state index is 0.118. The van der Waals surface area contributed by atoms with Gasteiger partial charge in [0, 0.05) is 0 Å². The van der Waals surface area contributed by atoms with E-state index in [-0.39, 0.29) is 12.7 Å². The predicted octanol–water partition coefficient (Wildman–Crippen LogP) is 4.98. The maximum atomic E-state index is 11.3. The summed E-state index contributed by atoms with van der Waals surface area (Å²) in [5.41, 5.74) is 0. The summed E-state index contributed by atoms with van der Waals surface area (Å²) in [6, 6.07) is 0. The van der Waals surface area contributed by atoms with Gasteiger partial charge in [0.1, 0.15) is 0 Å². The van der Waals surface area contributed by atoms with Crippen molar-refractivity contribution in [3.8, 4) is 0 Å². The molecule has 21 heavy (non-hydrogen) atoms. The van der Waals surface area contributed by atoms with Gasteiger partial charge in [0.05, 0.1) is 12.7 Å². The molecule has 0 radical (unpaired) electrons.